The fourth-order valence-corrected chi connectivity index (χ4v) is 3.71. The molecule has 7 heteroatoms. The van der Waals surface area contributed by atoms with Gasteiger partial charge in [0, 0.05) is 38.1 Å². The summed E-state index contributed by atoms with van der Waals surface area (Å²) in [4.78, 5) is 17.0. The van der Waals surface area contributed by atoms with E-state index >= 15 is 0 Å². The topological polar surface area (TPSA) is 61.5 Å². The highest BCUT2D eigenvalue weighted by Crippen LogP contribution is 2.24. The average molecular weight is 404 g/mol. The largest absolute Gasteiger partial charge is 0.497 e. The smallest absolute Gasteiger partial charge is 0.272 e. The normalized spacial score (nSPS) is 13.8. The monoisotopic (exact) mass is 404 g/mol. The lowest BCUT2D eigenvalue weighted by atomic mass is 10.2. The highest BCUT2D eigenvalue weighted by atomic mass is 19.1. The highest BCUT2D eigenvalue weighted by molar-refractivity contribution is 5.96. The fraction of sp³-hybridized carbons (Fsp3) is 0.217. The Kier molecular flexibility index (Phi) is 5.40. The van der Waals surface area contributed by atoms with E-state index in [1.165, 1.54) is 6.07 Å². The molecule has 0 aliphatic carbocycles. The number of ether oxygens (including phenoxy) is 1. The summed E-state index contributed by atoms with van der Waals surface area (Å²) in [6.45, 7) is 1.95. The van der Waals surface area contributed by atoms with Crippen LogP contribution in [0.5, 0.6) is 5.75 Å². The van der Waals surface area contributed by atoms with E-state index in [9.17, 15) is 14.4 Å². The number of methoxy groups -OCH3 is 1. The maximum atomic E-state index is 14.1. The Morgan fingerprint density at radius 3 is 2.37 bits per heavy atom. The Bertz CT molecular complexity index is 1090. The number of rotatable bonds is 4. The molecule has 0 atom stereocenters. The molecule has 0 radical (unpaired) electrons. The molecule has 0 spiro atoms. The minimum atomic E-state index is -0.266. The van der Waals surface area contributed by atoms with Crippen molar-refractivity contribution in [3.63, 3.8) is 0 Å². The third kappa shape index (κ3) is 3.60. The molecule has 1 aromatic heterocycles. The minimum absolute atomic E-state index is 0.208. The molecule has 30 heavy (non-hydrogen) atoms. The SMILES string of the molecule is COc1ccc(-n2ccc(C#N)c2C(=O)N2CCN(c3ccccc3F)CC2)cc1. The first-order valence-corrected chi connectivity index (χ1v) is 9.67. The summed E-state index contributed by atoms with van der Waals surface area (Å²) in [5.41, 5.74) is 1.98. The Balaban J connectivity index is 1.56. The summed E-state index contributed by atoms with van der Waals surface area (Å²) in [5.74, 6) is 0.238. The van der Waals surface area contributed by atoms with Crippen LogP contribution in [0.25, 0.3) is 5.69 Å². The van der Waals surface area contributed by atoms with Crippen molar-refractivity contribution in [1.82, 2.24) is 9.47 Å². The average Bonchev–Trinajstić information content (AvgIpc) is 3.23. The number of piperazine rings is 1. The van der Waals surface area contributed by atoms with Gasteiger partial charge in [-0.25, -0.2) is 4.39 Å². The number of anilines is 1. The first-order valence-electron chi connectivity index (χ1n) is 9.67. The van der Waals surface area contributed by atoms with E-state index in [0.29, 0.717) is 48.9 Å². The van der Waals surface area contributed by atoms with Gasteiger partial charge in [-0.3, -0.25) is 4.79 Å². The molecule has 1 aliphatic rings. The van der Waals surface area contributed by atoms with E-state index in [4.69, 9.17) is 4.74 Å². The van der Waals surface area contributed by atoms with Crippen LogP contribution in [-0.2, 0) is 0 Å². The van der Waals surface area contributed by atoms with Crippen molar-refractivity contribution >= 4 is 11.6 Å². The molecule has 1 amide bonds. The molecule has 1 saturated heterocycles. The van der Waals surface area contributed by atoms with Crippen LogP contribution in [0, 0.1) is 17.1 Å². The Hall–Kier alpha value is -3.79. The zero-order valence-electron chi connectivity index (χ0n) is 16.6. The number of amides is 1. The summed E-state index contributed by atoms with van der Waals surface area (Å²) in [6.07, 6.45) is 1.73. The van der Waals surface area contributed by atoms with Crippen molar-refractivity contribution in [2.45, 2.75) is 0 Å². The van der Waals surface area contributed by atoms with Gasteiger partial charge in [0.15, 0.2) is 0 Å². The first kappa shape index (κ1) is 19.5. The maximum Gasteiger partial charge on any atom is 0.272 e. The van der Waals surface area contributed by atoms with Crippen LogP contribution in [0.15, 0.2) is 60.8 Å². The molecule has 152 valence electrons. The van der Waals surface area contributed by atoms with Gasteiger partial charge < -0.3 is 19.1 Å². The molecule has 1 fully saturated rings. The maximum absolute atomic E-state index is 14.1. The first-order chi connectivity index (χ1) is 14.6. The molecule has 6 nitrogen and oxygen atoms in total. The van der Waals surface area contributed by atoms with Gasteiger partial charge in [-0.05, 0) is 42.5 Å². The quantitative estimate of drug-likeness (QED) is 0.668. The number of halogens is 1. The van der Waals surface area contributed by atoms with Crippen molar-refractivity contribution in [2.24, 2.45) is 0 Å². The summed E-state index contributed by atoms with van der Waals surface area (Å²) in [6, 6.07) is 17.7. The number of para-hydroxylation sites is 1. The molecule has 1 aliphatic heterocycles. The van der Waals surface area contributed by atoms with Crippen molar-refractivity contribution in [3.05, 3.63) is 77.9 Å². The van der Waals surface area contributed by atoms with E-state index in [1.807, 2.05) is 29.2 Å². The van der Waals surface area contributed by atoms with E-state index < -0.39 is 0 Å². The molecule has 2 heterocycles. The second-order valence-electron chi connectivity index (χ2n) is 6.99. The van der Waals surface area contributed by atoms with E-state index in [1.54, 1.807) is 47.0 Å². The molecule has 0 bridgehead atoms. The molecule has 4 rings (SSSR count). The van der Waals surface area contributed by atoms with Crippen molar-refractivity contribution in [3.8, 4) is 17.5 Å². The van der Waals surface area contributed by atoms with Crippen LogP contribution in [0.2, 0.25) is 0 Å². The number of carbonyl (C=O) groups is 1. The second-order valence-corrected chi connectivity index (χ2v) is 6.99. The molecule has 3 aromatic rings. The van der Waals surface area contributed by atoms with Gasteiger partial charge in [0.25, 0.3) is 5.91 Å². The predicted octanol–water partition coefficient (Wildman–Crippen LogP) is 3.46. The molecular formula is C23H21FN4O2. The molecule has 0 unspecified atom stereocenters. The third-order valence-electron chi connectivity index (χ3n) is 5.32. The summed E-state index contributed by atoms with van der Waals surface area (Å²) in [5, 5.41) is 9.53. The second kappa shape index (κ2) is 8.29. The van der Waals surface area contributed by atoms with Crippen LogP contribution < -0.4 is 9.64 Å². The van der Waals surface area contributed by atoms with Gasteiger partial charge in [-0.15, -0.1) is 0 Å². The third-order valence-corrected chi connectivity index (χ3v) is 5.32. The number of carbonyl (C=O) groups excluding carboxylic acids is 1. The number of hydrogen-bond acceptors (Lipinski definition) is 4. The Morgan fingerprint density at radius 2 is 1.73 bits per heavy atom. The number of nitrogens with zero attached hydrogens (tertiary/aromatic N) is 4. The van der Waals surface area contributed by atoms with Gasteiger partial charge in [0.2, 0.25) is 0 Å². The number of hydrogen-bond donors (Lipinski definition) is 0. The summed E-state index contributed by atoms with van der Waals surface area (Å²) >= 11 is 0. The zero-order chi connectivity index (χ0) is 21.1. The van der Waals surface area contributed by atoms with E-state index in [-0.39, 0.29) is 11.7 Å². The zero-order valence-corrected chi connectivity index (χ0v) is 16.6. The van der Waals surface area contributed by atoms with Crippen LogP contribution in [-0.4, -0.2) is 48.7 Å². The standard InChI is InChI=1S/C23H21FN4O2/c1-30-19-8-6-18(7-9-19)28-11-10-17(16-25)22(28)23(29)27-14-12-26(13-15-27)21-5-3-2-4-20(21)24/h2-11H,12-15H2,1H3. The van der Waals surface area contributed by atoms with Crippen LogP contribution in [0.3, 0.4) is 0 Å². The lowest BCUT2D eigenvalue weighted by Crippen LogP contribution is -2.49. The number of nitriles is 1. The molecular weight excluding hydrogens is 383 g/mol. The highest BCUT2D eigenvalue weighted by Gasteiger charge is 2.27. The Morgan fingerprint density at radius 1 is 1.03 bits per heavy atom. The van der Waals surface area contributed by atoms with Gasteiger partial charge in [-0.1, -0.05) is 12.1 Å². The van der Waals surface area contributed by atoms with Gasteiger partial charge in [-0.2, -0.15) is 5.26 Å². The van der Waals surface area contributed by atoms with E-state index in [2.05, 4.69) is 6.07 Å². The lowest BCUT2D eigenvalue weighted by molar-refractivity contribution is 0.0738. The molecule has 0 N–H and O–H groups in total. The number of benzene rings is 2. The molecule has 0 saturated carbocycles. The summed E-state index contributed by atoms with van der Waals surface area (Å²) < 4.78 is 21.0. The van der Waals surface area contributed by atoms with Crippen molar-refractivity contribution in [2.75, 3.05) is 38.2 Å². The van der Waals surface area contributed by atoms with Crippen molar-refractivity contribution < 1.29 is 13.9 Å². The van der Waals surface area contributed by atoms with E-state index in [0.717, 1.165) is 5.69 Å². The lowest BCUT2D eigenvalue weighted by Gasteiger charge is -2.36. The van der Waals surface area contributed by atoms with Crippen LogP contribution >= 0.6 is 0 Å². The molecule has 2 aromatic carbocycles. The minimum Gasteiger partial charge on any atom is -0.497 e. The van der Waals surface area contributed by atoms with Crippen LogP contribution in [0.4, 0.5) is 10.1 Å². The fourth-order valence-electron chi connectivity index (χ4n) is 3.71. The van der Waals surface area contributed by atoms with Crippen molar-refractivity contribution in [1.29, 1.82) is 5.26 Å². The summed E-state index contributed by atoms with van der Waals surface area (Å²) in [7, 11) is 1.59. The van der Waals surface area contributed by atoms with Gasteiger partial charge in [0.05, 0.1) is 18.4 Å². The van der Waals surface area contributed by atoms with Gasteiger partial charge in [0.1, 0.15) is 23.3 Å². The Labute approximate surface area is 174 Å². The van der Waals surface area contributed by atoms with Crippen LogP contribution in [0.1, 0.15) is 16.1 Å². The predicted molar refractivity (Wildman–Crippen MR) is 112 cm³/mol. The van der Waals surface area contributed by atoms with Gasteiger partial charge >= 0.3 is 0 Å². The number of aromatic nitrogens is 1.